The maximum absolute atomic E-state index is 12.0. The van der Waals surface area contributed by atoms with Crippen molar-refractivity contribution in [3.63, 3.8) is 0 Å². The third-order valence-electron chi connectivity index (χ3n) is 8.42. The molecule has 4 fully saturated rings. The molecular formula is C21H27NOS. The van der Waals surface area contributed by atoms with Crippen LogP contribution in [-0.2, 0) is 4.79 Å². The molecule has 0 amide bonds. The molecule has 9 atom stereocenters. The van der Waals surface area contributed by atoms with Crippen LogP contribution < -0.4 is 0 Å². The zero-order valence-corrected chi connectivity index (χ0v) is 15.3. The summed E-state index contributed by atoms with van der Waals surface area (Å²) in [5.41, 5.74) is 1.49. The summed E-state index contributed by atoms with van der Waals surface area (Å²) < 4.78 is -0.0203. The lowest BCUT2D eigenvalue weighted by Crippen LogP contribution is -2.52. The Labute approximate surface area is 150 Å². The van der Waals surface area contributed by atoms with Crippen LogP contribution in [-0.4, -0.2) is 10.5 Å². The third kappa shape index (κ3) is 1.87. The van der Waals surface area contributed by atoms with Crippen LogP contribution in [0.5, 0.6) is 0 Å². The van der Waals surface area contributed by atoms with Crippen LogP contribution in [0.15, 0.2) is 11.6 Å². The Morgan fingerprint density at radius 3 is 2.79 bits per heavy atom. The predicted octanol–water partition coefficient (Wildman–Crippen LogP) is 4.42. The molecule has 0 saturated heterocycles. The Balaban J connectivity index is 1.53. The van der Waals surface area contributed by atoms with Gasteiger partial charge in [0.2, 0.25) is 0 Å². The molecule has 5 rings (SSSR count). The first-order valence-corrected chi connectivity index (χ1v) is 10.4. The third-order valence-corrected chi connectivity index (χ3v) is 9.22. The molecule has 24 heavy (non-hydrogen) atoms. The van der Waals surface area contributed by atoms with Gasteiger partial charge in [-0.2, -0.15) is 17.9 Å². The summed E-state index contributed by atoms with van der Waals surface area (Å²) >= 11 is 5.19. The molecule has 0 aromatic rings. The van der Waals surface area contributed by atoms with E-state index >= 15 is 0 Å². The van der Waals surface area contributed by atoms with E-state index < -0.39 is 0 Å². The van der Waals surface area contributed by atoms with Crippen LogP contribution in [0.2, 0.25) is 0 Å². The maximum atomic E-state index is 12.0. The normalized spacial score (nSPS) is 54.7. The lowest BCUT2D eigenvalue weighted by molar-refractivity contribution is -0.116. The zero-order valence-electron chi connectivity index (χ0n) is 14.4. The van der Waals surface area contributed by atoms with Crippen LogP contribution in [0, 0.1) is 58.7 Å². The minimum atomic E-state index is -0.0203. The second-order valence-corrected chi connectivity index (χ2v) is 9.98. The molecule has 3 heteroatoms. The van der Waals surface area contributed by atoms with Crippen LogP contribution in [0.1, 0.15) is 51.9 Å². The maximum Gasteiger partial charge on any atom is 0.155 e. The van der Waals surface area contributed by atoms with Gasteiger partial charge in [-0.15, -0.1) is 0 Å². The van der Waals surface area contributed by atoms with Gasteiger partial charge in [-0.05, 0) is 86.0 Å². The monoisotopic (exact) mass is 341 g/mol. The molecule has 4 saturated carbocycles. The average Bonchev–Trinajstić information content (AvgIpc) is 3.28. The van der Waals surface area contributed by atoms with Gasteiger partial charge in [0.05, 0.1) is 12.0 Å². The van der Waals surface area contributed by atoms with Crippen molar-refractivity contribution in [2.75, 3.05) is 0 Å². The van der Waals surface area contributed by atoms with Crippen molar-refractivity contribution < 1.29 is 4.79 Å². The molecule has 128 valence electrons. The standard InChI is InChI=1S/C21H27NOS/c1-2-11-7-17-14(13-4-3-12(23)8-15(11)13)5-6-21(24)19(10-22)16-9-18(16)20(17)21/h8,11,13-14,16-20,24H,2-7,9H2,1H3/t11?,13?,14?,16?,17-,18?,19+,20?,21?/m1/s1. The summed E-state index contributed by atoms with van der Waals surface area (Å²) in [5.74, 6) is 5.32. The Bertz CT molecular complexity index is 663. The highest BCUT2D eigenvalue weighted by molar-refractivity contribution is 7.81. The molecule has 0 N–H and O–H groups in total. The Hall–Kier alpha value is -0.750. The number of carbonyl (C=O) groups is 1. The van der Waals surface area contributed by atoms with Crippen molar-refractivity contribution in [2.45, 2.75) is 56.6 Å². The summed E-state index contributed by atoms with van der Waals surface area (Å²) in [6.07, 6.45) is 9.84. The number of nitriles is 1. The summed E-state index contributed by atoms with van der Waals surface area (Å²) in [4.78, 5) is 12.0. The number of hydrogen-bond acceptors (Lipinski definition) is 3. The largest absolute Gasteiger partial charge is 0.295 e. The SMILES string of the molecule is CCC1C[C@@H]2C(CCC3(S)C2C2CC2[C@@H]3C#N)C2CCC(=O)C=C12. The van der Waals surface area contributed by atoms with E-state index in [2.05, 4.69) is 13.0 Å². The summed E-state index contributed by atoms with van der Waals surface area (Å²) in [6.45, 7) is 2.28. The van der Waals surface area contributed by atoms with Crippen LogP contribution in [0.4, 0.5) is 0 Å². The van der Waals surface area contributed by atoms with E-state index in [1.165, 1.54) is 24.8 Å². The van der Waals surface area contributed by atoms with Crippen molar-refractivity contribution in [1.82, 2.24) is 0 Å². The van der Waals surface area contributed by atoms with Gasteiger partial charge in [-0.1, -0.05) is 12.5 Å². The molecule has 0 heterocycles. The van der Waals surface area contributed by atoms with Crippen molar-refractivity contribution >= 4 is 18.4 Å². The Kier molecular flexibility index (Phi) is 3.31. The van der Waals surface area contributed by atoms with Crippen LogP contribution in [0.25, 0.3) is 0 Å². The number of ketones is 1. The molecular weight excluding hydrogens is 314 g/mol. The van der Waals surface area contributed by atoms with E-state index in [4.69, 9.17) is 12.6 Å². The molecule has 5 aliphatic rings. The first-order chi connectivity index (χ1) is 11.6. The minimum absolute atomic E-state index is 0.0203. The number of thiol groups is 1. The second-order valence-electron chi connectivity index (χ2n) is 9.15. The predicted molar refractivity (Wildman–Crippen MR) is 96.3 cm³/mol. The van der Waals surface area contributed by atoms with E-state index in [1.54, 1.807) is 0 Å². The first kappa shape index (κ1) is 15.5. The van der Waals surface area contributed by atoms with Gasteiger partial charge in [0.1, 0.15) is 0 Å². The Morgan fingerprint density at radius 1 is 1.25 bits per heavy atom. The lowest BCUT2D eigenvalue weighted by atomic mass is 9.52. The van der Waals surface area contributed by atoms with E-state index in [-0.39, 0.29) is 10.7 Å². The van der Waals surface area contributed by atoms with Gasteiger partial charge in [0.15, 0.2) is 5.78 Å². The van der Waals surface area contributed by atoms with E-state index in [0.717, 1.165) is 43.4 Å². The van der Waals surface area contributed by atoms with E-state index in [1.807, 2.05) is 6.08 Å². The van der Waals surface area contributed by atoms with Gasteiger partial charge in [-0.25, -0.2) is 0 Å². The number of nitrogens with zero attached hydrogens (tertiary/aromatic N) is 1. The number of carbonyl (C=O) groups excluding carboxylic acids is 1. The van der Waals surface area contributed by atoms with E-state index in [9.17, 15) is 10.1 Å². The van der Waals surface area contributed by atoms with Crippen molar-refractivity contribution in [2.24, 2.45) is 47.3 Å². The number of hydrogen-bond donors (Lipinski definition) is 1. The van der Waals surface area contributed by atoms with Crippen molar-refractivity contribution in [3.05, 3.63) is 11.6 Å². The number of fused-ring (bicyclic) bond motifs is 7. The molecule has 0 spiro atoms. The minimum Gasteiger partial charge on any atom is -0.295 e. The van der Waals surface area contributed by atoms with Gasteiger partial charge in [-0.3, -0.25) is 4.79 Å². The fraction of sp³-hybridized carbons (Fsp3) is 0.810. The summed E-state index contributed by atoms with van der Waals surface area (Å²) in [6, 6.07) is 2.65. The lowest BCUT2D eigenvalue weighted by Gasteiger charge is -2.55. The molecule has 7 unspecified atom stereocenters. The molecule has 5 aliphatic carbocycles. The quantitative estimate of drug-likeness (QED) is 0.717. The fourth-order valence-electron chi connectivity index (χ4n) is 7.48. The summed E-state index contributed by atoms with van der Waals surface area (Å²) in [5, 5.41) is 9.73. The zero-order chi connectivity index (χ0) is 16.6. The average molecular weight is 342 g/mol. The molecule has 2 nitrogen and oxygen atoms in total. The van der Waals surface area contributed by atoms with Crippen LogP contribution >= 0.6 is 12.6 Å². The number of allylic oxidation sites excluding steroid dienone is 1. The van der Waals surface area contributed by atoms with Gasteiger partial charge >= 0.3 is 0 Å². The van der Waals surface area contributed by atoms with E-state index in [0.29, 0.717) is 29.5 Å². The molecule has 0 bridgehead atoms. The highest BCUT2D eigenvalue weighted by atomic mass is 32.1. The summed E-state index contributed by atoms with van der Waals surface area (Å²) in [7, 11) is 0. The topological polar surface area (TPSA) is 40.9 Å². The van der Waals surface area contributed by atoms with Crippen molar-refractivity contribution in [3.8, 4) is 6.07 Å². The van der Waals surface area contributed by atoms with Gasteiger partial charge in [0, 0.05) is 11.2 Å². The molecule has 0 aromatic carbocycles. The molecule has 0 radical (unpaired) electrons. The Morgan fingerprint density at radius 2 is 2.04 bits per heavy atom. The molecule has 0 aliphatic heterocycles. The van der Waals surface area contributed by atoms with Gasteiger partial charge in [0.25, 0.3) is 0 Å². The van der Waals surface area contributed by atoms with Crippen LogP contribution in [0.3, 0.4) is 0 Å². The molecule has 0 aromatic heterocycles. The highest BCUT2D eigenvalue weighted by Crippen LogP contribution is 2.73. The van der Waals surface area contributed by atoms with Crippen molar-refractivity contribution in [1.29, 1.82) is 5.26 Å². The first-order valence-electron chi connectivity index (χ1n) is 9.94. The highest BCUT2D eigenvalue weighted by Gasteiger charge is 2.70. The smallest absolute Gasteiger partial charge is 0.155 e. The fourth-order valence-corrected chi connectivity index (χ4v) is 8.24. The number of rotatable bonds is 1. The second kappa shape index (κ2) is 5.13. The van der Waals surface area contributed by atoms with Gasteiger partial charge < -0.3 is 0 Å².